The zero-order chi connectivity index (χ0) is 21.3. The number of rotatable bonds is 8. The standard InChI is InChI=1S/C23H28N2O3S2/c1-18(16-19-8-4-2-5-9-19)17-20-22(27)25(23(29)30-20)11-7-3-6-10-21(26)24-12-14-28-15-13-24/h2,4-5,8-9,16-17H,3,6-7,10-15H2,1H3/b18-16+,20-17-. The van der Waals surface area contributed by atoms with Crippen LogP contribution in [0, 0.1) is 0 Å². The van der Waals surface area contributed by atoms with Gasteiger partial charge in [0.1, 0.15) is 4.32 Å². The molecule has 160 valence electrons. The largest absolute Gasteiger partial charge is 0.378 e. The molecule has 0 aliphatic carbocycles. The number of carbonyl (C=O) groups is 2. The van der Waals surface area contributed by atoms with Crippen molar-refractivity contribution in [3.05, 3.63) is 52.4 Å². The van der Waals surface area contributed by atoms with Gasteiger partial charge >= 0.3 is 0 Å². The number of morpholine rings is 1. The molecule has 1 aromatic rings. The van der Waals surface area contributed by atoms with Gasteiger partial charge in [-0.25, -0.2) is 0 Å². The summed E-state index contributed by atoms with van der Waals surface area (Å²) in [6, 6.07) is 10.0. The molecule has 7 heteroatoms. The van der Waals surface area contributed by atoms with Gasteiger partial charge in [0.2, 0.25) is 5.91 Å². The van der Waals surface area contributed by atoms with Crippen molar-refractivity contribution in [3.8, 4) is 0 Å². The van der Waals surface area contributed by atoms with Crippen molar-refractivity contribution in [1.82, 2.24) is 9.80 Å². The van der Waals surface area contributed by atoms with E-state index in [-0.39, 0.29) is 11.8 Å². The topological polar surface area (TPSA) is 49.9 Å². The molecular weight excluding hydrogens is 416 g/mol. The summed E-state index contributed by atoms with van der Waals surface area (Å²) in [6.45, 7) is 5.25. The summed E-state index contributed by atoms with van der Waals surface area (Å²) >= 11 is 6.78. The molecule has 2 aliphatic rings. The van der Waals surface area contributed by atoms with Gasteiger partial charge in [0.15, 0.2) is 0 Å². The predicted octanol–water partition coefficient (Wildman–Crippen LogP) is 4.25. The summed E-state index contributed by atoms with van der Waals surface area (Å²) in [7, 11) is 0. The predicted molar refractivity (Wildman–Crippen MR) is 126 cm³/mol. The Morgan fingerprint density at radius 2 is 1.90 bits per heavy atom. The highest BCUT2D eigenvalue weighted by molar-refractivity contribution is 8.26. The van der Waals surface area contributed by atoms with Crippen molar-refractivity contribution < 1.29 is 14.3 Å². The highest BCUT2D eigenvalue weighted by atomic mass is 32.2. The first-order valence-electron chi connectivity index (χ1n) is 10.4. The third kappa shape index (κ3) is 6.52. The van der Waals surface area contributed by atoms with Crippen LogP contribution in [0.15, 0.2) is 46.9 Å². The highest BCUT2D eigenvalue weighted by Gasteiger charge is 2.31. The summed E-state index contributed by atoms with van der Waals surface area (Å²) in [5, 5.41) is 0. The number of thioether (sulfide) groups is 1. The second kappa shape index (κ2) is 11.4. The molecule has 5 nitrogen and oxygen atoms in total. The Hall–Kier alpha value is -1.96. The Labute approximate surface area is 188 Å². The van der Waals surface area contributed by atoms with Crippen molar-refractivity contribution in [2.75, 3.05) is 32.8 Å². The van der Waals surface area contributed by atoms with Crippen LogP contribution in [-0.4, -0.2) is 58.8 Å². The minimum Gasteiger partial charge on any atom is -0.378 e. The second-order valence-electron chi connectivity index (χ2n) is 7.44. The Bertz CT molecular complexity index is 830. The van der Waals surface area contributed by atoms with E-state index in [9.17, 15) is 9.59 Å². The molecule has 2 aliphatic heterocycles. The molecular formula is C23H28N2O3S2. The van der Waals surface area contributed by atoms with Gasteiger partial charge in [-0.3, -0.25) is 14.5 Å². The first-order chi connectivity index (χ1) is 14.5. The number of hydrogen-bond donors (Lipinski definition) is 0. The SMILES string of the molecule is CC(/C=C1\SC(=S)N(CCCCCC(=O)N2CCOCC2)C1=O)=C\c1ccccc1. The molecule has 0 unspecified atom stereocenters. The highest BCUT2D eigenvalue weighted by Crippen LogP contribution is 2.32. The van der Waals surface area contributed by atoms with Crippen molar-refractivity contribution >= 4 is 46.2 Å². The lowest BCUT2D eigenvalue weighted by molar-refractivity contribution is -0.135. The molecule has 0 spiro atoms. The molecule has 2 fully saturated rings. The molecule has 30 heavy (non-hydrogen) atoms. The lowest BCUT2D eigenvalue weighted by Gasteiger charge is -2.26. The van der Waals surface area contributed by atoms with Gasteiger partial charge in [-0.1, -0.05) is 66.8 Å². The van der Waals surface area contributed by atoms with Crippen LogP contribution < -0.4 is 0 Å². The maximum absolute atomic E-state index is 12.7. The monoisotopic (exact) mass is 444 g/mol. The van der Waals surface area contributed by atoms with Gasteiger partial charge in [-0.2, -0.15) is 0 Å². The van der Waals surface area contributed by atoms with Crippen LogP contribution in [0.5, 0.6) is 0 Å². The Morgan fingerprint density at radius 1 is 1.17 bits per heavy atom. The zero-order valence-electron chi connectivity index (χ0n) is 17.3. The first-order valence-corrected chi connectivity index (χ1v) is 11.6. The van der Waals surface area contributed by atoms with E-state index in [0.717, 1.165) is 30.4 Å². The number of allylic oxidation sites excluding steroid dienone is 2. The number of hydrogen-bond acceptors (Lipinski definition) is 5. The van der Waals surface area contributed by atoms with Crippen LogP contribution in [0.4, 0.5) is 0 Å². The third-order valence-electron chi connectivity index (χ3n) is 5.06. The van der Waals surface area contributed by atoms with Crippen LogP contribution in [-0.2, 0) is 14.3 Å². The summed E-state index contributed by atoms with van der Waals surface area (Å²) < 4.78 is 5.89. The maximum Gasteiger partial charge on any atom is 0.266 e. The van der Waals surface area contributed by atoms with Crippen molar-refractivity contribution in [2.24, 2.45) is 0 Å². The zero-order valence-corrected chi connectivity index (χ0v) is 19.0. The average molecular weight is 445 g/mol. The van der Waals surface area contributed by atoms with E-state index in [1.54, 1.807) is 4.90 Å². The smallest absolute Gasteiger partial charge is 0.266 e. The van der Waals surface area contributed by atoms with E-state index in [4.69, 9.17) is 17.0 Å². The molecule has 0 N–H and O–H groups in total. The van der Waals surface area contributed by atoms with Crippen LogP contribution in [0.3, 0.4) is 0 Å². The molecule has 0 aromatic heterocycles. The molecule has 0 atom stereocenters. The maximum atomic E-state index is 12.7. The van der Waals surface area contributed by atoms with Gasteiger partial charge in [0, 0.05) is 26.1 Å². The number of benzene rings is 1. The molecule has 2 heterocycles. The number of unbranched alkanes of at least 4 members (excludes halogenated alkanes) is 2. The Morgan fingerprint density at radius 3 is 2.63 bits per heavy atom. The third-order valence-corrected chi connectivity index (χ3v) is 6.44. The van der Waals surface area contributed by atoms with Crippen LogP contribution >= 0.6 is 24.0 Å². The lowest BCUT2D eigenvalue weighted by atomic mass is 10.1. The van der Waals surface area contributed by atoms with Crippen LogP contribution in [0.2, 0.25) is 0 Å². The molecule has 0 radical (unpaired) electrons. The first kappa shape index (κ1) is 22.7. The van der Waals surface area contributed by atoms with E-state index in [1.165, 1.54) is 11.8 Å². The fourth-order valence-electron chi connectivity index (χ4n) is 3.45. The molecule has 0 saturated carbocycles. The summed E-state index contributed by atoms with van der Waals surface area (Å²) in [5.41, 5.74) is 2.12. The average Bonchev–Trinajstić information content (AvgIpc) is 3.01. The van der Waals surface area contributed by atoms with Crippen LogP contribution in [0.1, 0.15) is 38.2 Å². The summed E-state index contributed by atoms with van der Waals surface area (Å²) in [6.07, 6.45) is 7.10. The number of ether oxygens (including phenoxy) is 1. The lowest BCUT2D eigenvalue weighted by Crippen LogP contribution is -2.40. The van der Waals surface area contributed by atoms with Gasteiger partial charge in [-0.15, -0.1) is 0 Å². The quantitative estimate of drug-likeness (QED) is 0.341. The van der Waals surface area contributed by atoms with Crippen molar-refractivity contribution in [2.45, 2.75) is 32.6 Å². The van der Waals surface area contributed by atoms with Gasteiger partial charge in [0.05, 0.1) is 18.1 Å². The summed E-state index contributed by atoms with van der Waals surface area (Å²) in [5.74, 6) is 0.183. The van der Waals surface area contributed by atoms with Crippen molar-refractivity contribution in [3.63, 3.8) is 0 Å². The second-order valence-corrected chi connectivity index (χ2v) is 9.11. The number of nitrogens with zero attached hydrogens (tertiary/aromatic N) is 2. The number of carbonyl (C=O) groups excluding carboxylic acids is 2. The fourth-order valence-corrected chi connectivity index (χ4v) is 4.81. The number of amides is 2. The summed E-state index contributed by atoms with van der Waals surface area (Å²) in [4.78, 5) is 29.1. The molecule has 2 saturated heterocycles. The van der Waals surface area contributed by atoms with Gasteiger partial charge in [0.25, 0.3) is 5.91 Å². The van der Waals surface area contributed by atoms with Crippen molar-refractivity contribution in [1.29, 1.82) is 0 Å². The molecule has 2 amide bonds. The fraction of sp³-hybridized carbons (Fsp3) is 0.435. The van der Waals surface area contributed by atoms with E-state index >= 15 is 0 Å². The van der Waals surface area contributed by atoms with E-state index in [0.29, 0.717) is 48.5 Å². The Balaban J connectivity index is 1.43. The molecule has 0 bridgehead atoms. The Kier molecular flexibility index (Phi) is 8.66. The van der Waals surface area contributed by atoms with Gasteiger partial charge < -0.3 is 9.64 Å². The minimum atomic E-state index is -0.0183. The number of thiocarbonyl (C=S) groups is 1. The van der Waals surface area contributed by atoms with Gasteiger partial charge in [-0.05, 0) is 37.0 Å². The normalized spacial score (nSPS) is 19.1. The molecule has 1 aromatic carbocycles. The van der Waals surface area contributed by atoms with E-state index < -0.39 is 0 Å². The van der Waals surface area contributed by atoms with Crippen LogP contribution in [0.25, 0.3) is 6.08 Å². The minimum absolute atomic E-state index is 0.0183. The van der Waals surface area contributed by atoms with E-state index in [2.05, 4.69) is 6.08 Å². The molecule has 3 rings (SSSR count). The van der Waals surface area contributed by atoms with E-state index in [1.807, 2.05) is 48.2 Å².